The van der Waals surface area contributed by atoms with Crippen LogP contribution in [0.3, 0.4) is 0 Å². The molecule has 1 aliphatic rings. The quantitative estimate of drug-likeness (QED) is 0.228. The summed E-state index contributed by atoms with van der Waals surface area (Å²) in [5.74, 6) is 2.84. The van der Waals surface area contributed by atoms with E-state index in [1.165, 1.54) is 0 Å². The Morgan fingerprint density at radius 3 is 2.62 bits per heavy atom. The van der Waals surface area contributed by atoms with Crippen LogP contribution < -0.4 is 10.6 Å². The number of aromatic nitrogens is 2. The van der Waals surface area contributed by atoms with E-state index in [4.69, 9.17) is 14.0 Å². The van der Waals surface area contributed by atoms with E-state index in [1.54, 1.807) is 7.05 Å². The van der Waals surface area contributed by atoms with Gasteiger partial charge in [-0.15, -0.1) is 24.0 Å². The van der Waals surface area contributed by atoms with Crippen LogP contribution >= 0.6 is 24.0 Å². The van der Waals surface area contributed by atoms with E-state index in [0.717, 1.165) is 77.6 Å². The molecule has 1 aromatic heterocycles. The summed E-state index contributed by atoms with van der Waals surface area (Å²) in [7, 11) is 1.78. The van der Waals surface area contributed by atoms with Gasteiger partial charge in [0.05, 0.1) is 0 Å². The smallest absolute Gasteiger partial charge is 0.226 e. The molecule has 0 saturated carbocycles. The number of hydrogen-bond donors (Lipinski definition) is 2. The van der Waals surface area contributed by atoms with Gasteiger partial charge in [-0.25, -0.2) is 0 Å². The summed E-state index contributed by atoms with van der Waals surface area (Å²) in [5.41, 5.74) is 0. The zero-order valence-electron chi connectivity index (χ0n) is 15.8. The molecule has 0 unspecified atom stereocenters. The number of aliphatic imine (C=N–C) groups is 1. The van der Waals surface area contributed by atoms with Gasteiger partial charge < -0.3 is 24.6 Å². The molecule has 1 saturated heterocycles. The van der Waals surface area contributed by atoms with E-state index in [-0.39, 0.29) is 24.0 Å². The van der Waals surface area contributed by atoms with Gasteiger partial charge in [-0.2, -0.15) is 4.98 Å². The standard InChI is InChI=1S/C17H31N5O3.HI/c1-14-21-16(25-22-14)5-3-8-19-17(18-2)20-9-4-10-24-13-15-6-11-23-12-7-15;/h15H,3-13H2,1-2H3,(H2,18,19,20);1H. The summed E-state index contributed by atoms with van der Waals surface area (Å²) >= 11 is 0. The Labute approximate surface area is 172 Å². The van der Waals surface area contributed by atoms with Gasteiger partial charge in [-0.05, 0) is 38.5 Å². The molecule has 2 heterocycles. The Balaban J connectivity index is 0.00000338. The van der Waals surface area contributed by atoms with Crippen LogP contribution in [-0.4, -0.2) is 62.7 Å². The summed E-state index contributed by atoms with van der Waals surface area (Å²) in [4.78, 5) is 8.40. The lowest BCUT2D eigenvalue weighted by Gasteiger charge is -2.21. The average Bonchev–Trinajstić information content (AvgIpc) is 3.05. The summed E-state index contributed by atoms with van der Waals surface area (Å²) in [5, 5.41) is 10.4. The van der Waals surface area contributed by atoms with Crippen molar-refractivity contribution in [2.24, 2.45) is 10.9 Å². The Hall–Kier alpha value is -0.940. The van der Waals surface area contributed by atoms with E-state index >= 15 is 0 Å². The van der Waals surface area contributed by atoms with Crippen LogP contribution in [0.2, 0.25) is 0 Å². The molecule has 0 amide bonds. The van der Waals surface area contributed by atoms with Gasteiger partial charge in [0, 0.05) is 53.0 Å². The molecule has 0 spiro atoms. The molecule has 1 aromatic rings. The molecule has 1 aliphatic heterocycles. The molecule has 0 radical (unpaired) electrons. The second-order valence-corrected chi connectivity index (χ2v) is 6.25. The molecular formula is C17H32IN5O3. The van der Waals surface area contributed by atoms with E-state index in [2.05, 4.69) is 25.8 Å². The van der Waals surface area contributed by atoms with Crippen molar-refractivity contribution in [1.29, 1.82) is 0 Å². The van der Waals surface area contributed by atoms with Gasteiger partial charge in [0.25, 0.3) is 0 Å². The highest BCUT2D eigenvalue weighted by Crippen LogP contribution is 2.14. The van der Waals surface area contributed by atoms with Crippen molar-refractivity contribution in [3.05, 3.63) is 11.7 Å². The topological polar surface area (TPSA) is 93.8 Å². The van der Waals surface area contributed by atoms with Crippen molar-refractivity contribution < 1.29 is 14.0 Å². The summed E-state index contributed by atoms with van der Waals surface area (Å²) < 4.78 is 16.2. The first kappa shape index (κ1) is 23.1. The summed E-state index contributed by atoms with van der Waals surface area (Å²) in [6.07, 6.45) is 4.89. The molecule has 26 heavy (non-hydrogen) atoms. The second-order valence-electron chi connectivity index (χ2n) is 6.25. The lowest BCUT2D eigenvalue weighted by Crippen LogP contribution is -2.38. The van der Waals surface area contributed by atoms with E-state index in [1.807, 2.05) is 6.92 Å². The van der Waals surface area contributed by atoms with Crippen molar-refractivity contribution in [3.8, 4) is 0 Å². The van der Waals surface area contributed by atoms with Crippen molar-refractivity contribution in [3.63, 3.8) is 0 Å². The maximum Gasteiger partial charge on any atom is 0.226 e. The maximum atomic E-state index is 5.76. The maximum absolute atomic E-state index is 5.76. The highest BCUT2D eigenvalue weighted by molar-refractivity contribution is 14.0. The van der Waals surface area contributed by atoms with Crippen LogP contribution in [0.15, 0.2) is 9.52 Å². The summed E-state index contributed by atoms with van der Waals surface area (Å²) in [6, 6.07) is 0. The van der Waals surface area contributed by atoms with Gasteiger partial charge in [-0.3, -0.25) is 4.99 Å². The first-order valence-corrected chi connectivity index (χ1v) is 9.17. The SMILES string of the molecule is CN=C(NCCCOCC1CCOCC1)NCCCc1nc(C)no1.I. The van der Waals surface area contributed by atoms with Crippen molar-refractivity contribution in [2.75, 3.05) is 46.6 Å². The second kappa shape index (κ2) is 14.2. The predicted molar refractivity (Wildman–Crippen MR) is 111 cm³/mol. The molecule has 0 aromatic carbocycles. The van der Waals surface area contributed by atoms with Crippen LogP contribution in [0.5, 0.6) is 0 Å². The van der Waals surface area contributed by atoms with Gasteiger partial charge in [0.1, 0.15) is 0 Å². The predicted octanol–water partition coefficient (Wildman–Crippen LogP) is 1.93. The molecule has 2 rings (SSSR count). The normalized spacial score (nSPS) is 15.5. The third-order valence-corrected chi connectivity index (χ3v) is 4.11. The van der Waals surface area contributed by atoms with Crippen molar-refractivity contribution in [2.45, 2.75) is 39.0 Å². The number of guanidine groups is 1. The minimum Gasteiger partial charge on any atom is -0.381 e. The van der Waals surface area contributed by atoms with E-state index in [0.29, 0.717) is 17.6 Å². The average molecular weight is 481 g/mol. The Morgan fingerprint density at radius 1 is 1.23 bits per heavy atom. The van der Waals surface area contributed by atoms with Crippen LogP contribution in [0.25, 0.3) is 0 Å². The number of hydrogen-bond acceptors (Lipinski definition) is 6. The lowest BCUT2D eigenvalue weighted by atomic mass is 10.0. The minimum atomic E-state index is 0. The molecule has 0 bridgehead atoms. The van der Waals surface area contributed by atoms with E-state index < -0.39 is 0 Å². The van der Waals surface area contributed by atoms with Crippen LogP contribution in [0.4, 0.5) is 0 Å². The lowest BCUT2D eigenvalue weighted by molar-refractivity contribution is 0.0203. The fourth-order valence-corrected chi connectivity index (χ4v) is 2.65. The number of nitrogens with one attached hydrogen (secondary N) is 2. The highest BCUT2D eigenvalue weighted by Gasteiger charge is 2.13. The number of nitrogens with zero attached hydrogens (tertiary/aromatic N) is 3. The van der Waals surface area contributed by atoms with Gasteiger partial charge in [0.2, 0.25) is 5.89 Å². The number of rotatable bonds is 10. The molecule has 0 aliphatic carbocycles. The number of aryl methyl sites for hydroxylation is 2. The highest BCUT2D eigenvalue weighted by atomic mass is 127. The first-order chi connectivity index (χ1) is 12.3. The summed E-state index contributed by atoms with van der Waals surface area (Å²) in [6.45, 7) is 6.86. The minimum absolute atomic E-state index is 0. The largest absolute Gasteiger partial charge is 0.381 e. The van der Waals surface area contributed by atoms with Gasteiger partial charge in [-0.1, -0.05) is 5.16 Å². The van der Waals surface area contributed by atoms with Crippen molar-refractivity contribution >= 4 is 29.9 Å². The molecule has 8 nitrogen and oxygen atoms in total. The third-order valence-electron chi connectivity index (χ3n) is 4.11. The molecular weight excluding hydrogens is 449 g/mol. The number of ether oxygens (including phenoxy) is 2. The Bertz CT molecular complexity index is 506. The van der Waals surface area contributed by atoms with Crippen molar-refractivity contribution in [1.82, 2.24) is 20.8 Å². The molecule has 0 atom stereocenters. The zero-order valence-corrected chi connectivity index (χ0v) is 18.2. The van der Waals surface area contributed by atoms with E-state index in [9.17, 15) is 0 Å². The fraction of sp³-hybridized carbons (Fsp3) is 0.824. The molecule has 9 heteroatoms. The third kappa shape index (κ3) is 9.67. The number of halogens is 1. The Morgan fingerprint density at radius 2 is 1.96 bits per heavy atom. The monoisotopic (exact) mass is 481 g/mol. The molecule has 1 fully saturated rings. The zero-order chi connectivity index (χ0) is 17.7. The van der Waals surface area contributed by atoms with Gasteiger partial charge >= 0.3 is 0 Å². The molecule has 2 N–H and O–H groups in total. The van der Waals surface area contributed by atoms with Gasteiger partial charge in [0.15, 0.2) is 11.8 Å². The fourth-order valence-electron chi connectivity index (χ4n) is 2.65. The molecule has 150 valence electrons. The van der Waals surface area contributed by atoms with Crippen LogP contribution in [-0.2, 0) is 15.9 Å². The van der Waals surface area contributed by atoms with Crippen LogP contribution in [0.1, 0.15) is 37.4 Å². The van der Waals surface area contributed by atoms with Crippen LogP contribution in [0, 0.1) is 12.8 Å². The first-order valence-electron chi connectivity index (χ1n) is 9.17. The Kier molecular flexibility index (Phi) is 12.6.